The zero-order chi connectivity index (χ0) is 15.6. The molecule has 2 aromatic rings. The average molecular weight is 312 g/mol. The minimum absolute atomic E-state index is 0.358. The maximum Gasteiger partial charge on any atom is 0.205 e. The quantitative estimate of drug-likeness (QED) is 0.866. The van der Waals surface area contributed by atoms with Crippen molar-refractivity contribution in [3.8, 4) is 6.07 Å². The van der Waals surface area contributed by atoms with Crippen molar-refractivity contribution in [2.45, 2.75) is 38.0 Å². The van der Waals surface area contributed by atoms with E-state index in [-0.39, 0.29) is 5.41 Å². The van der Waals surface area contributed by atoms with Crippen LogP contribution in [0.5, 0.6) is 0 Å². The highest BCUT2D eigenvalue weighted by atomic mass is 32.1. The van der Waals surface area contributed by atoms with Gasteiger partial charge in [0, 0.05) is 30.5 Å². The first-order chi connectivity index (χ1) is 10.6. The van der Waals surface area contributed by atoms with Crippen molar-refractivity contribution < 1.29 is 0 Å². The molecule has 0 unspecified atom stereocenters. The number of nitrogens with zero attached hydrogens (tertiary/aromatic N) is 4. The summed E-state index contributed by atoms with van der Waals surface area (Å²) in [5.74, 6) is 1.28. The Morgan fingerprint density at radius 2 is 1.91 bits per heavy atom. The fourth-order valence-electron chi connectivity index (χ4n) is 2.89. The Balaban J connectivity index is 1.75. The highest BCUT2D eigenvalue weighted by molar-refractivity contribution is 7.09. The van der Waals surface area contributed by atoms with E-state index in [1.165, 1.54) is 11.5 Å². The summed E-state index contributed by atoms with van der Waals surface area (Å²) in [5, 5.41) is 10.7. The smallest absolute Gasteiger partial charge is 0.205 e. The van der Waals surface area contributed by atoms with Crippen LogP contribution in [0.1, 0.15) is 44.0 Å². The van der Waals surface area contributed by atoms with Gasteiger partial charge in [0.15, 0.2) is 0 Å². The van der Waals surface area contributed by atoms with Gasteiger partial charge in [0.1, 0.15) is 5.82 Å². The van der Waals surface area contributed by atoms with Gasteiger partial charge < -0.3 is 4.90 Å². The van der Waals surface area contributed by atoms with Gasteiger partial charge in [-0.25, -0.2) is 4.98 Å². The summed E-state index contributed by atoms with van der Waals surface area (Å²) in [6.45, 7) is 5.93. The first kappa shape index (κ1) is 15.0. The monoisotopic (exact) mass is 312 g/mol. The molecule has 1 aromatic carbocycles. The van der Waals surface area contributed by atoms with Gasteiger partial charge in [-0.15, -0.1) is 0 Å². The SMILES string of the molecule is CC(C)c1nsc(N2CCC(C#N)(c3ccccc3)CC2)n1. The highest BCUT2D eigenvalue weighted by Gasteiger charge is 2.37. The molecular weight excluding hydrogens is 292 g/mol. The Bertz CT molecular complexity index is 663. The maximum absolute atomic E-state index is 9.73. The van der Waals surface area contributed by atoms with Gasteiger partial charge in [0.2, 0.25) is 5.13 Å². The standard InChI is InChI=1S/C17H20N4S/c1-13(2)15-19-16(22-20-15)21-10-8-17(12-18,9-11-21)14-6-4-3-5-7-14/h3-7,13H,8-11H2,1-2H3. The Labute approximate surface area is 135 Å². The van der Waals surface area contributed by atoms with Gasteiger partial charge >= 0.3 is 0 Å². The second-order valence-electron chi connectivity index (χ2n) is 6.14. The Kier molecular flexibility index (Phi) is 4.12. The molecule has 1 fully saturated rings. The van der Waals surface area contributed by atoms with Crippen molar-refractivity contribution in [3.05, 3.63) is 41.7 Å². The zero-order valence-electron chi connectivity index (χ0n) is 13.0. The lowest BCUT2D eigenvalue weighted by Crippen LogP contribution is -2.42. The zero-order valence-corrected chi connectivity index (χ0v) is 13.8. The molecule has 4 nitrogen and oxygen atoms in total. The molecule has 1 saturated heterocycles. The summed E-state index contributed by atoms with van der Waals surface area (Å²) < 4.78 is 4.43. The van der Waals surface area contributed by atoms with Gasteiger partial charge in [-0.05, 0) is 18.4 Å². The van der Waals surface area contributed by atoms with E-state index in [9.17, 15) is 5.26 Å². The van der Waals surface area contributed by atoms with Gasteiger partial charge in [-0.1, -0.05) is 44.2 Å². The average Bonchev–Trinajstić information content (AvgIpc) is 3.06. The fraction of sp³-hybridized carbons (Fsp3) is 0.471. The molecule has 22 heavy (non-hydrogen) atoms. The van der Waals surface area contributed by atoms with Gasteiger partial charge in [-0.3, -0.25) is 0 Å². The van der Waals surface area contributed by atoms with E-state index in [1.54, 1.807) is 0 Å². The Morgan fingerprint density at radius 3 is 2.45 bits per heavy atom. The molecule has 0 amide bonds. The molecule has 0 aliphatic carbocycles. The van der Waals surface area contributed by atoms with Crippen LogP contribution in [0.3, 0.4) is 0 Å². The number of piperidine rings is 1. The van der Waals surface area contributed by atoms with E-state index in [1.807, 2.05) is 18.2 Å². The number of hydrogen-bond donors (Lipinski definition) is 0. The predicted molar refractivity (Wildman–Crippen MR) is 89.2 cm³/mol. The summed E-state index contributed by atoms with van der Waals surface area (Å²) in [4.78, 5) is 6.90. The number of rotatable bonds is 3. The molecule has 0 bridgehead atoms. The fourth-order valence-corrected chi connectivity index (χ4v) is 3.75. The van der Waals surface area contributed by atoms with E-state index >= 15 is 0 Å². The molecule has 5 heteroatoms. The summed E-state index contributed by atoms with van der Waals surface area (Å²) in [7, 11) is 0. The normalized spacial score (nSPS) is 17.5. The molecule has 1 aliphatic heterocycles. The van der Waals surface area contributed by atoms with Crippen LogP contribution in [0.2, 0.25) is 0 Å². The number of benzene rings is 1. The van der Waals surface area contributed by atoms with E-state index in [0.29, 0.717) is 5.92 Å². The second-order valence-corrected chi connectivity index (χ2v) is 6.87. The summed E-state index contributed by atoms with van der Waals surface area (Å²) in [6, 6.07) is 12.7. The maximum atomic E-state index is 9.73. The van der Waals surface area contributed by atoms with Crippen LogP contribution in [0.25, 0.3) is 0 Å². The largest absolute Gasteiger partial charge is 0.347 e. The van der Waals surface area contributed by atoms with Crippen LogP contribution in [0.15, 0.2) is 30.3 Å². The third-order valence-corrected chi connectivity index (χ3v) is 5.17. The molecule has 2 heterocycles. The van der Waals surface area contributed by atoms with Crippen molar-refractivity contribution in [2.75, 3.05) is 18.0 Å². The van der Waals surface area contributed by atoms with Gasteiger partial charge in [-0.2, -0.15) is 9.64 Å². The molecule has 0 radical (unpaired) electrons. The molecule has 0 spiro atoms. The Hall–Kier alpha value is -1.93. The van der Waals surface area contributed by atoms with Crippen molar-refractivity contribution in [1.29, 1.82) is 5.26 Å². The van der Waals surface area contributed by atoms with Crippen LogP contribution < -0.4 is 4.90 Å². The van der Waals surface area contributed by atoms with E-state index in [0.717, 1.165) is 42.5 Å². The lowest BCUT2D eigenvalue weighted by Gasteiger charge is -2.37. The van der Waals surface area contributed by atoms with E-state index < -0.39 is 0 Å². The van der Waals surface area contributed by atoms with Crippen LogP contribution in [-0.4, -0.2) is 22.4 Å². The third kappa shape index (κ3) is 2.71. The molecular formula is C17H20N4S. The summed E-state index contributed by atoms with van der Waals surface area (Å²) >= 11 is 1.47. The van der Waals surface area contributed by atoms with Crippen LogP contribution in [0.4, 0.5) is 5.13 Å². The van der Waals surface area contributed by atoms with Crippen LogP contribution in [-0.2, 0) is 5.41 Å². The topological polar surface area (TPSA) is 52.8 Å². The lowest BCUT2D eigenvalue weighted by atomic mass is 9.74. The molecule has 0 N–H and O–H groups in total. The number of hydrogen-bond acceptors (Lipinski definition) is 5. The second kappa shape index (κ2) is 6.05. The first-order valence-electron chi connectivity index (χ1n) is 7.70. The van der Waals surface area contributed by atoms with Crippen molar-refractivity contribution >= 4 is 16.7 Å². The predicted octanol–water partition coefficient (Wildman–Crippen LogP) is 3.72. The van der Waals surface area contributed by atoms with Gasteiger partial charge in [0.25, 0.3) is 0 Å². The summed E-state index contributed by atoms with van der Waals surface area (Å²) in [5.41, 5.74) is 0.779. The molecule has 1 aromatic heterocycles. The third-order valence-electron chi connectivity index (χ3n) is 4.38. The first-order valence-corrected chi connectivity index (χ1v) is 8.47. The Morgan fingerprint density at radius 1 is 1.23 bits per heavy atom. The number of aromatic nitrogens is 2. The van der Waals surface area contributed by atoms with Crippen molar-refractivity contribution in [2.24, 2.45) is 0 Å². The van der Waals surface area contributed by atoms with Crippen molar-refractivity contribution in [1.82, 2.24) is 9.36 Å². The molecule has 114 valence electrons. The van der Waals surface area contributed by atoms with Crippen LogP contribution in [0, 0.1) is 11.3 Å². The number of nitriles is 1. The highest BCUT2D eigenvalue weighted by Crippen LogP contribution is 2.36. The van der Waals surface area contributed by atoms with Crippen LogP contribution >= 0.6 is 11.5 Å². The molecule has 0 saturated carbocycles. The van der Waals surface area contributed by atoms with Gasteiger partial charge in [0.05, 0.1) is 11.5 Å². The minimum Gasteiger partial charge on any atom is -0.347 e. The molecule has 1 aliphatic rings. The van der Waals surface area contributed by atoms with E-state index in [4.69, 9.17) is 0 Å². The lowest BCUT2D eigenvalue weighted by molar-refractivity contribution is 0.415. The van der Waals surface area contributed by atoms with E-state index in [2.05, 4.69) is 46.3 Å². The minimum atomic E-state index is -0.358. The molecule has 0 atom stereocenters. The summed E-state index contributed by atoms with van der Waals surface area (Å²) in [6.07, 6.45) is 1.67. The number of anilines is 1. The van der Waals surface area contributed by atoms with Crippen molar-refractivity contribution in [3.63, 3.8) is 0 Å². The molecule has 3 rings (SSSR count).